The third-order valence-corrected chi connectivity index (χ3v) is 3.44. The fraction of sp³-hybridized carbons (Fsp3) is 0.462. The molecule has 1 atom stereocenters. The van der Waals surface area contributed by atoms with Crippen LogP contribution in [0, 0.1) is 5.82 Å². The quantitative estimate of drug-likeness (QED) is 0.816. The Kier molecular flexibility index (Phi) is 3.90. The Hall–Kier alpha value is -1.82. The summed E-state index contributed by atoms with van der Waals surface area (Å²) in [7, 11) is 1.63. The number of halogens is 1. The van der Waals surface area contributed by atoms with Crippen molar-refractivity contribution in [2.75, 3.05) is 30.8 Å². The Morgan fingerprint density at radius 2 is 2.32 bits per heavy atom. The van der Waals surface area contributed by atoms with Crippen LogP contribution in [0.2, 0.25) is 0 Å². The van der Waals surface area contributed by atoms with E-state index in [-0.39, 0.29) is 17.4 Å². The third kappa shape index (κ3) is 2.63. The van der Waals surface area contributed by atoms with Gasteiger partial charge in [0.15, 0.2) is 0 Å². The number of benzene rings is 1. The van der Waals surface area contributed by atoms with Crippen LogP contribution in [0.25, 0.3) is 0 Å². The highest BCUT2D eigenvalue weighted by Gasteiger charge is 2.25. The summed E-state index contributed by atoms with van der Waals surface area (Å²) in [5.41, 5.74) is 5.51. The SMILES string of the molecule is COC1CCCN(c2ccc(F)c(N)c2C(=O)O)C1. The molecule has 1 unspecified atom stereocenters. The summed E-state index contributed by atoms with van der Waals surface area (Å²) in [6, 6.07) is 2.67. The normalized spacial score (nSPS) is 19.5. The van der Waals surface area contributed by atoms with E-state index in [1.807, 2.05) is 4.90 Å². The number of rotatable bonds is 3. The zero-order valence-corrected chi connectivity index (χ0v) is 10.7. The Morgan fingerprint density at radius 3 is 2.95 bits per heavy atom. The number of carbonyl (C=O) groups is 1. The van der Waals surface area contributed by atoms with Gasteiger partial charge < -0.3 is 20.5 Å². The van der Waals surface area contributed by atoms with Crippen LogP contribution in [0.4, 0.5) is 15.8 Å². The zero-order valence-electron chi connectivity index (χ0n) is 10.7. The van der Waals surface area contributed by atoms with E-state index >= 15 is 0 Å². The summed E-state index contributed by atoms with van der Waals surface area (Å²) in [6.45, 7) is 1.30. The van der Waals surface area contributed by atoms with Crippen LogP contribution < -0.4 is 10.6 Å². The second-order valence-electron chi connectivity index (χ2n) is 4.61. The molecule has 0 bridgehead atoms. The van der Waals surface area contributed by atoms with E-state index in [0.29, 0.717) is 18.8 Å². The molecule has 0 aromatic heterocycles. The Bertz CT molecular complexity index is 493. The van der Waals surface area contributed by atoms with Crippen LogP contribution in [-0.4, -0.2) is 37.4 Å². The molecule has 0 saturated carbocycles. The lowest BCUT2D eigenvalue weighted by atomic mass is 10.0. The summed E-state index contributed by atoms with van der Waals surface area (Å²) < 4.78 is 18.7. The first-order valence-electron chi connectivity index (χ1n) is 6.13. The molecule has 0 radical (unpaired) electrons. The summed E-state index contributed by atoms with van der Waals surface area (Å²) in [5, 5.41) is 9.22. The minimum Gasteiger partial charge on any atom is -0.478 e. The van der Waals surface area contributed by atoms with Crippen molar-refractivity contribution in [3.8, 4) is 0 Å². The molecule has 1 aromatic rings. The van der Waals surface area contributed by atoms with Crippen LogP contribution in [0.15, 0.2) is 12.1 Å². The highest BCUT2D eigenvalue weighted by Crippen LogP contribution is 2.30. The molecule has 2 rings (SSSR count). The first-order valence-corrected chi connectivity index (χ1v) is 6.13. The van der Waals surface area contributed by atoms with E-state index in [1.165, 1.54) is 12.1 Å². The van der Waals surface area contributed by atoms with Crippen LogP contribution >= 0.6 is 0 Å². The summed E-state index contributed by atoms with van der Waals surface area (Å²) in [4.78, 5) is 13.2. The predicted molar refractivity (Wildman–Crippen MR) is 70.0 cm³/mol. The van der Waals surface area contributed by atoms with Gasteiger partial charge in [0.05, 0.1) is 17.5 Å². The Morgan fingerprint density at radius 1 is 1.58 bits per heavy atom. The van der Waals surface area contributed by atoms with Crippen molar-refractivity contribution >= 4 is 17.3 Å². The number of nitrogens with zero attached hydrogens (tertiary/aromatic N) is 1. The smallest absolute Gasteiger partial charge is 0.340 e. The average molecular weight is 268 g/mol. The van der Waals surface area contributed by atoms with Gasteiger partial charge in [-0.05, 0) is 25.0 Å². The first kappa shape index (κ1) is 13.6. The number of hydrogen-bond acceptors (Lipinski definition) is 4. The van der Waals surface area contributed by atoms with Crippen LogP contribution in [0.3, 0.4) is 0 Å². The minimum atomic E-state index is -1.22. The molecule has 19 heavy (non-hydrogen) atoms. The number of ether oxygens (including phenoxy) is 1. The standard InChI is InChI=1S/C13H17FN2O3/c1-19-8-3-2-6-16(7-8)10-5-4-9(14)12(15)11(10)13(17)18/h4-5,8H,2-3,6-7,15H2,1H3,(H,17,18). The van der Waals surface area contributed by atoms with Crippen LogP contribution in [0.5, 0.6) is 0 Å². The van der Waals surface area contributed by atoms with Gasteiger partial charge in [-0.3, -0.25) is 0 Å². The van der Waals surface area contributed by atoms with Gasteiger partial charge >= 0.3 is 5.97 Å². The van der Waals surface area contributed by atoms with Crippen molar-refractivity contribution in [1.82, 2.24) is 0 Å². The highest BCUT2D eigenvalue weighted by atomic mass is 19.1. The molecule has 0 amide bonds. The van der Waals surface area contributed by atoms with E-state index in [2.05, 4.69) is 0 Å². The fourth-order valence-electron chi connectivity index (χ4n) is 2.42. The maximum Gasteiger partial charge on any atom is 0.340 e. The number of nitrogen functional groups attached to an aromatic ring is 1. The largest absolute Gasteiger partial charge is 0.478 e. The maximum absolute atomic E-state index is 13.4. The molecule has 1 saturated heterocycles. The van der Waals surface area contributed by atoms with Crippen molar-refractivity contribution in [1.29, 1.82) is 0 Å². The minimum absolute atomic E-state index is 0.0571. The van der Waals surface area contributed by atoms with Crippen molar-refractivity contribution in [2.45, 2.75) is 18.9 Å². The summed E-state index contributed by atoms with van der Waals surface area (Å²) in [5.74, 6) is -1.92. The molecule has 104 valence electrons. The molecule has 1 aliphatic heterocycles. The third-order valence-electron chi connectivity index (χ3n) is 3.44. The number of carboxylic acid groups (broad SMARTS) is 1. The predicted octanol–water partition coefficient (Wildman–Crippen LogP) is 1.72. The van der Waals surface area contributed by atoms with Crippen molar-refractivity contribution < 1.29 is 19.0 Å². The van der Waals surface area contributed by atoms with E-state index in [0.717, 1.165) is 12.8 Å². The lowest BCUT2D eigenvalue weighted by molar-refractivity contribution is 0.0696. The topological polar surface area (TPSA) is 75.8 Å². The molecule has 1 aliphatic rings. The number of methoxy groups -OCH3 is 1. The van der Waals surface area contributed by atoms with Gasteiger partial charge in [-0.15, -0.1) is 0 Å². The summed E-state index contributed by atoms with van der Waals surface area (Å²) in [6.07, 6.45) is 1.89. The fourth-order valence-corrected chi connectivity index (χ4v) is 2.42. The molecule has 0 spiro atoms. The van der Waals surface area contributed by atoms with E-state index in [4.69, 9.17) is 10.5 Å². The summed E-state index contributed by atoms with van der Waals surface area (Å²) >= 11 is 0. The second kappa shape index (κ2) is 5.44. The number of nitrogens with two attached hydrogens (primary N) is 1. The number of piperidine rings is 1. The molecule has 1 aromatic carbocycles. The van der Waals surface area contributed by atoms with Crippen molar-refractivity contribution in [2.24, 2.45) is 0 Å². The molecular formula is C13H17FN2O3. The van der Waals surface area contributed by atoms with Gasteiger partial charge in [0.2, 0.25) is 0 Å². The van der Waals surface area contributed by atoms with Crippen molar-refractivity contribution in [3.63, 3.8) is 0 Å². The number of hydrogen-bond donors (Lipinski definition) is 2. The molecule has 3 N–H and O–H groups in total. The van der Waals surface area contributed by atoms with E-state index in [9.17, 15) is 14.3 Å². The van der Waals surface area contributed by atoms with Gasteiger partial charge in [-0.1, -0.05) is 0 Å². The van der Waals surface area contributed by atoms with Gasteiger partial charge in [0, 0.05) is 20.2 Å². The lowest BCUT2D eigenvalue weighted by Gasteiger charge is -2.34. The van der Waals surface area contributed by atoms with Gasteiger partial charge in [-0.25, -0.2) is 9.18 Å². The Balaban J connectivity index is 2.39. The number of anilines is 2. The van der Waals surface area contributed by atoms with Crippen LogP contribution in [0.1, 0.15) is 23.2 Å². The zero-order chi connectivity index (χ0) is 14.0. The lowest BCUT2D eigenvalue weighted by Crippen LogP contribution is -2.40. The van der Waals surface area contributed by atoms with Gasteiger partial charge in [0.1, 0.15) is 11.4 Å². The maximum atomic E-state index is 13.4. The molecule has 1 fully saturated rings. The number of aromatic carboxylic acids is 1. The molecule has 6 heteroatoms. The Labute approximate surface area is 110 Å². The highest BCUT2D eigenvalue weighted by molar-refractivity contribution is 6.00. The molecule has 0 aliphatic carbocycles. The number of carboxylic acids is 1. The molecule has 1 heterocycles. The first-order chi connectivity index (χ1) is 9.04. The monoisotopic (exact) mass is 268 g/mol. The van der Waals surface area contributed by atoms with Crippen molar-refractivity contribution in [3.05, 3.63) is 23.5 Å². The molecule has 5 nitrogen and oxygen atoms in total. The van der Waals surface area contributed by atoms with Gasteiger partial charge in [0.25, 0.3) is 0 Å². The average Bonchev–Trinajstić information content (AvgIpc) is 2.41. The van der Waals surface area contributed by atoms with E-state index in [1.54, 1.807) is 7.11 Å². The van der Waals surface area contributed by atoms with Gasteiger partial charge in [-0.2, -0.15) is 0 Å². The molecular weight excluding hydrogens is 251 g/mol. The second-order valence-corrected chi connectivity index (χ2v) is 4.61. The van der Waals surface area contributed by atoms with Crippen LogP contribution in [-0.2, 0) is 4.74 Å². The van der Waals surface area contributed by atoms with E-state index < -0.39 is 11.8 Å².